The SMILES string of the molecule is CC(C)N(C1=[C-]CC(N(C(C)C)C(C)C)=C1N(C(C)C)C(C)C)C(C)C.[Zr]. The molecule has 3 nitrogen and oxygen atoms in total. The largest absolute Gasteiger partial charge is 0.441 e. The minimum Gasteiger partial charge on any atom is -0.441 e. The first-order chi connectivity index (χ1) is 11.9. The maximum atomic E-state index is 3.79. The fourth-order valence-corrected chi connectivity index (χ4v) is 4.62. The van der Waals surface area contributed by atoms with Gasteiger partial charge in [-0.25, -0.2) is 6.08 Å². The van der Waals surface area contributed by atoms with Crippen LogP contribution in [-0.2, 0) is 26.2 Å². The second kappa shape index (κ2) is 11.1. The van der Waals surface area contributed by atoms with Crippen LogP contribution in [0.2, 0.25) is 0 Å². The second-order valence-corrected chi connectivity index (χ2v) is 9.28. The summed E-state index contributed by atoms with van der Waals surface area (Å²) in [6.45, 7) is 27.6. The van der Waals surface area contributed by atoms with E-state index in [0.717, 1.165) is 6.42 Å². The van der Waals surface area contributed by atoms with Crippen LogP contribution in [0.4, 0.5) is 0 Å². The standard InChI is InChI=1S/C23H44N3.Zr/c1-15(2)24(16(3)4)21-13-14-22(25(17(5)6)18(7)8)23(21)26(19(9)10)20(11)12;/h15-20H,13H2,1-12H3;/q-1;. The van der Waals surface area contributed by atoms with Crippen molar-refractivity contribution in [2.45, 2.75) is 126 Å². The van der Waals surface area contributed by atoms with E-state index in [2.05, 4.69) is 104 Å². The van der Waals surface area contributed by atoms with E-state index in [4.69, 9.17) is 0 Å². The van der Waals surface area contributed by atoms with E-state index in [1.165, 1.54) is 17.1 Å². The van der Waals surface area contributed by atoms with Gasteiger partial charge < -0.3 is 14.7 Å². The van der Waals surface area contributed by atoms with Gasteiger partial charge in [0.25, 0.3) is 0 Å². The Morgan fingerprint density at radius 1 is 0.556 bits per heavy atom. The first kappa shape index (κ1) is 26.8. The quantitative estimate of drug-likeness (QED) is 0.418. The number of hydrogen-bond donors (Lipinski definition) is 0. The number of hydrogen-bond acceptors (Lipinski definition) is 3. The predicted molar refractivity (Wildman–Crippen MR) is 115 cm³/mol. The Bertz CT molecular complexity index is 492. The molecule has 0 bridgehead atoms. The van der Waals surface area contributed by atoms with E-state index >= 15 is 0 Å². The summed E-state index contributed by atoms with van der Waals surface area (Å²) >= 11 is 0. The minimum atomic E-state index is 0. The van der Waals surface area contributed by atoms with Gasteiger partial charge in [-0.05, 0) is 83.1 Å². The summed E-state index contributed by atoms with van der Waals surface area (Å²) in [6, 6.07) is 2.79. The molecular weight excluding hydrogens is 409 g/mol. The van der Waals surface area contributed by atoms with Crippen molar-refractivity contribution in [3.05, 3.63) is 23.2 Å². The van der Waals surface area contributed by atoms with Gasteiger partial charge in [-0.1, -0.05) is 17.8 Å². The van der Waals surface area contributed by atoms with Gasteiger partial charge in [0.1, 0.15) is 0 Å². The van der Waals surface area contributed by atoms with E-state index in [9.17, 15) is 0 Å². The van der Waals surface area contributed by atoms with Gasteiger partial charge in [0, 0.05) is 62.5 Å². The Hall–Kier alpha value is -0.237. The summed E-state index contributed by atoms with van der Waals surface area (Å²) in [5.74, 6) is 0. The topological polar surface area (TPSA) is 9.72 Å². The number of allylic oxidation sites excluding steroid dienone is 1. The van der Waals surface area contributed by atoms with Gasteiger partial charge in [0.05, 0.1) is 0 Å². The van der Waals surface area contributed by atoms with Crippen LogP contribution in [0.3, 0.4) is 0 Å². The Morgan fingerprint density at radius 3 is 1.19 bits per heavy atom. The molecule has 0 radical (unpaired) electrons. The van der Waals surface area contributed by atoms with E-state index in [-0.39, 0.29) is 26.2 Å². The van der Waals surface area contributed by atoms with Crippen molar-refractivity contribution >= 4 is 0 Å². The molecular formula is C23H44N3Zr-. The third-order valence-corrected chi connectivity index (χ3v) is 5.09. The van der Waals surface area contributed by atoms with Crippen molar-refractivity contribution < 1.29 is 26.2 Å². The van der Waals surface area contributed by atoms with Gasteiger partial charge in [0.15, 0.2) is 0 Å². The zero-order valence-corrected chi connectivity index (χ0v) is 22.5. The molecule has 0 fully saturated rings. The summed E-state index contributed by atoms with van der Waals surface area (Å²) in [5, 5.41) is 0. The van der Waals surface area contributed by atoms with Crippen molar-refractivity contribution in [3.8, 4) is 0 Å². The number of rotatable bonds is 9. The molecule has 0 atom stereocenters. The molecule has 1 aliphatic carbocycles. The van der Waals surface area contributed by atoms with Crippen molar-refractivity contribution in [2.75, 3.05) is 0 Å². The molecule has 0 aromatic heterocycles. The Kier molecular flexibility index (Phi) is 11.0. The molecule has 0 amide bonds. The first-order valence-corrected chi connectivity index (χ1v) is 10.6. The summed E-state index contributed by atoms with van der Waals surface area (Å²) < 4.78 is 0. The predicted octanol–water partition coefficient (Wildman–Crippen LogP) is 5.64. The molecule has 1 aliphatic rings. The van der Waals surface area contributed by atoms with Crippen LogP contribution in [0.5, 0.6) is 0 Å². The number of nitrogens with zero attached hydrogens (tertiary/aromatic N) is 3. The van der Waals surface area contributed by atoms with E-state index in [0.29, 0.717) is 36.3 Å². The molecule has 0 aliphatic heterocycles. The summed E-state index contributed by atoms with van der Waals surface area (Å²) in [6.07, 6.45) is 4.69. The molecule has 27 heavy (non-hydrogen) atoms. The van der Waals surface area contributed by atoms with Crippen LogP contribution in [0.15, 0.2) is 17.1 Å². The molecule has 0 N–H and O–H groups in total. The Balaban J connectivity index is 0.00000676. The minimum absolute atomic E-state index is 0. The zero-order chi connectivity index (χ0) is 20.3. The molecule has 0 saturated carbocycles. The summed E-state index contributed by atoms with van der Waals surface area (Å²) in [5.41, 5.74) is 4.15. The van der Waals surface area contributed by atoms with Crippen molar-refractivity contribution in [1.29, 1.82) is 0 Å². The van der Waals surface area contributed by atoms with E-state index < -0.39 is 0 Å². The molecule has 0 aromatic rings. The monoisotopic (exact) mass is 452 g/mol. The molecule has 0 spiro atoms. The van der Waals surface area contributed by atoms with Crippen molar-refractivity contribution in [1.82, 2.24) is 14.7 Å². The van der Waals surface area contributed by atoms with Crippen molar-refractivity contribution in [3.63, 3.8) is 0 Å². The van der Waals surface area contributed by atoms with Gasteiger partial charge in [-0.3, -0.25) is 0 Å². The second-order valence-electron chi connectivity index (χ2n) is 9.28. The third kappa shape index (κ3) is 6.12. The third-order valence-electron chi connectivity index (χ3n) is 5.09. The van der Waals surface area contributed by atoms with Crippen LogP contribution in [-0.4, -0.2) is 51.0 Å². The average Bonchev–Trinajstić information content (AvgIpc) is 2.81. The van der Waals surface area contributed by atoms with Gasteiger partial charge in [-0.2, -0.15) is 0 Å². The van der Waals surface area contributed by atoms with Crippen LogP contribution in [0, 0.1) is 6.08 Å². The summed E-state index contributed by atoms with van der Waals surface area (Å²) in [4.78, 5) is 7.73. The normalized spacial score (nSPS) is 14.8. The van der Waals surface area contributed by atoms with Crippen molar-refractivity contribution in [2.24, 2.45) is 0 Å². The smallest absolute Gasteiger partial charge is 0.0217 e. The maximum Gasteiger partial charge on any atom is 0.0217 e. The van der Waals surface area contributed by atoms with Crippen LogP contribution in [0.25, 0.3) is 0 Å². The molecule has 0 heterocycles. The molecule has 0 unspecified atom stereocenters. The first-order valence-electron chi connectivity index (χ1n) is 10.6. The molecule has 156 valence electrons. The molecule has 4 heteroatoms. The molecule has 0 saturated heterocycles. The molecule has 1 rings (SSSR count). The van der Waals surface area contributed by atoms with Gasteiger partial charge in [0.2, 0.25) is 0 Å². The molecule has 0 aromatic carbocycles. The van der Waals surface area contributed by atoms with Crippen LogP contribution in [0.1, 0.15) is 89.5 Å². The fourth-order valence-electron chi connectivity index (χ4n) is 4.62. The average molecular weight is 454 g/mol. The summed E-state index contributed by atoms with van der Waals surface area (Å²) in [7, 11) is 0. The van der Waals surface area contributed by atoms with Gasteiger partial charge in [-0.15, -0.1) is 5.70 Å². The van der Waals surface area contributed by atoms with Crippen LogP contribution >= 0.6 is 0 Å². The van der Waals surface area contributed by atoms with Gasteiger partial charge >= 0.3 is 0 Å². The van der Waals surface area contributed by atoms with E-state index in [1.54, 1.807) is 0 Å². The Labute approximate surface area is 189 Å². The van der Waals surface area contributed by atoms with Crippen LogP contribution < -0.4 is 0 Å². The zero-order valence-electron chi connectivity index (χ0n) is 20.0. The Morgan fingerprint density at radius 2 is 0.889 bits per heavy atom. The maximum absolute atomic E-state index is 3.79. The van der Waals surface area contributed by atoms with E-state index in [1.807, 2.05) is 0 Å². The fraction of sp³-hybridized carbons (Fsp3) is 0.826.